The van der Waals surface area contributed by atoms with E-state index >= 15 is 0 Å². The molecule has 2 fully saturated rings. The van der Waals surface area contributed by atoms with E-state index < -0.39 is 0 Å². The van der Waals surface area contributed by atoms with Crippen LogP contribution in [-0.4, -0.2) is 31.1 Å². The van der Waals surface area contributed by atoms with E-state index in [0.29, 0.717) is 0 Å². The van der Waals surface area contributed by atoms with Gasteiger partial charge in [0.1, 0.15) is 0 Å². The Bertz CT molecular complexity index is 330. The molecule has 0 aliphatic carbocycles. The van der Waals surface area contributed by atoms with Gasteiger partial charge in [0, 0.05) is 12.6 Å². The molecule has 3 heterocycles. The van der Waals surface area contributed by atoms with Crippen LogP contribution in [0.2, 0.25) is 0 Å². The topological polar surface area (TPSA) is 15.3 Å². The van der Waals surface area contributed by atoms with Crippen LogP contribution in [0.1, 0.15) is 37.3 Å². The number of nitrogens with zero attached hydrogens (tertiary/aromatic N) is 1. The molecule has 2 saturated heterocycles. The summed E-state index contributed by atoms with van der Waals surface area (Å²) in [4.78, 5) is 2.73. The van der Waals surface area contributed by atoms with Gasteiger partial charge in [0.15, 0.2) is 0 Å². The summed E-state index contributed by atoms with van der Waals surface area (Å²) < 4.78 is 0. The number of hydrogen-bond acceptors (Lipinski definition) is 3. The van der Waals surface area contributed by atoms with E-state index in [-0.39, 0.29) is 0 Å². The molecule has 0 spiro atoms. The number of piperidine rings is 1. The van der Waals surface area contributed by atoms with Gasteiger partial charge in [-0.2, -0.15) is 11.3 Å². The van der Waals surface area contributed by atoms with Crippen LogP contribution in [0.3, 0.4) is 0 Å². The van der Waals surface area contributed by atoms with Crippen LogP contribution in [-0.2, 0) is 0 Å². The molecule has 0 saturated carbocycles. The van der Waals surface area contributed by atoms with Crippen LogP contribution in [0.4, 0.5) is 0 Å². The minimum absolute atomic E-state index is 0.719. The van der Waals surface area contributed by atoms with Crippen molar-refractivity contribution in [2.24, 2.45) is 5.92 Å². The first-order valence-corrected chi connectivity index (χ1v) is 7.84. The number of rotatable bonds is 3. The number of thiophene rings is 1. The van der Waals surface area contributed by atoms with Crippen LogP contribution in [0.15, 0.2) is 16.8 Å². The lowest BCUT2D eigenvalue weighted by molar-refractivity contribution is 0.193. The molecule has 2 nitrogen and oxygen atoms in total. The molecule has 2 aliphatic rings. The molecule has 2 aliphatic heterocycles. The smallest absolute Gasteiger partial charge is 0.0356 e. The van der Waals surface area contributed by atoms with E-state index in [1.165, 1.54) is 51.9 Å². The van der Waals surface area contributed by atoms with Crippen molar-refractivity contribution in [3.63, 3.8) is 0 Å². The second-order valence-electron chi connectivity index (χ2n) is 5.40. The van der Waals surface area contributed by atoms with Gasteiger partial charge in [-0.25, -0.2) is 0 Å². The molecular weight excluding hydrogens is 228 g/mol. The lowest BCUT2D eigenvalue weighted by Crippen LogP contribution is -2.35. The fraction of sp³-hybridized carbons (Fsp3) is 0.714. The Morgan fingerprint density at radius 3 is 2.94 bits per heavy atom. The highest BCUT2D eigenvalue weighted by atomic mass is 32.1. The van der Waals surface area contributed by atoms with Crippen molar-refractivity contribution >= 4 is 11.3 Å². The highest BCUT2D eigenvalue weighted by Crippen LogP contribution is 2.34. The third kappa shape index (κ3) is 2.72. The van der Waals surface area contributed by atoms with Gasteiger partial charge in [0.25, 0.3) is 0 Å². The summed E-state index contributed by atoms with van der Waals surface area (Å²) in [5.41, 5.74) is 1.56. The first-order chi connectivity index (χ1) is 8.43. The summed E-state index contributed by atoms with van der Waals surface area (Å²) in [5, 5.41) is 8.02. The Balaban J connectivity index is 1.61. The summed E-state index contributed by atoms with van der Waals surface area (Å²) in [6, 6.07) is 3.03. The first-order valence-electron chi connectivity index (χ1n) is 6.90. The van der Waals surface area contributed by atoms with Crippen molar-refractivity contribution in [2.45, 2.75) is 31.7 Å². The zero-order valence-corrected chi connectivity index (χ0v) is 11.2. The Hall–Kier alpha value is -0.380. The lowest BCUT2D eigenvalue weighted by atomic mass is 9.97. The summed E-state index contributed by atoms with van der Waals surface area (Å²) in [5.74, 6) is 0.926. The molecule has 0 aromatic carbocycles. The average molecular weight is 250 g/mol. The average Bonchev–Trinajstić information content (AvgIpc) is 3.00. The monoisotopic (exact) mass is 250 g/mol. The largest absolute Gasteiger partial charge is 0.317 e. The van der Waals surface area contributed by atoms with Crippen molar-refractivity contribution in [1.29, 1.82) is 0 Å². The molecule has 1 aromatic rings. The molecule has 3 heteroatoms. The molecular formula is C14H22N2S. The zero-order valence-electron chi connectivity index (χ0n) is 10.4. The predicted molar refractivity (Wildman–Crippen MR) is 73.5 cm³/mol. The maximum absolute atomic E-state index is 3.46. The second kappa shape index (κ2) is 5.51. The van der Waals surface area contributed by atoms with E-state index in [2.05, 4.69) is 27.0 Å². The third-order valence-corrected chi connectivity index (χ3v) is 4.94. The van der Waals surface area contributed by atoms with Crippen LogP contribution in [0.5, 0.6) is 0 Å². The Kier molecular flexibility index (Phi) is 3.79. The van der Waals surface area contributed by atoms with Gasteiger partial charge in [-0.15, -0.1) is 0 Å². The van der Waals surface area contributed by atoms with Gasteiger partial charge < -0.3 is 5.32 Å². The van der Waals surface area contributed by atoms with E-state index in [4.69, 9.17) is 0 Å². The third-order valence-electron chi connectivity index (χ3n) is 4.24. The highest BCUT2D eigenvalue weighted by Gasteiger charge is 2.28. The van der Waals surface area contributed by atoms with Gasteiger partial charge in [0.05, 0.1) is 0 Å². The van der Waals surface area contributed by atoms with Gasteiger partial charge in [-0.1, -0.05) is 0 Å². The quantitative estimate of drug-likeness (QED) is 0.887. The highest BCUT2D eigenvalue weighted by molar-refractivity contribution is 7.07. The van der Waals surface area contributed by atoms with Gasteiger partial charge >= 0.3 is 0 Å². The lowest BCUT2D eigenvalue weighted by Gasteiger charge is -2.31. The predicted octanol–water partition coefficient (Wildman–Crippen LogP) is 2.88. The summed E-state index contributed by atoms with van der Waals surface area (Å²) in [6.45, 7) is 5.08. The normalized spacial score (nSPS) is 27.6. The Labute approximate surface area is 108 Å². The van der Waals surface area contributed by atoms with Gasteiger partial charge in [-0.3, -0.25) is 4.90 Å². The van der Waals surface area contributed by atoms with Crippen molar-refractivity contribution in [3.05, 3.63) is 22.4 Å². The molecule has 17 heavy (non-hydrogen) atoms. The standard InChI is InChI=1S/C14H22N2S/c1-2-14(13-5-9-17-11-13)16(8-1)10-12-3-6-15-7-4-12/h5,9,11-12,14-15H,1-4,6-8,10H2. The SMILES string of the molecule is c1cc(C2CCCN2CC2CCNCC2)cs1. The first kappa shape index (κ1) is 11.7. The van der Waals surface area contributed by atoms with Crippen molar-refractivity contribution < 1.29 is 0 Å². The minimum Gasteiger partial charge on any atom is -0.317 e. The summed E-state index contributed by atoms with van der Waals surface area (Å²) in [6.07, 6.45) is 5.48. The molecule has 1 N–H and O–H groups in total. The van der Waals surface area contributed by atoms with Crippen LogP contribution in [0.25, 0.3) is 0 Å². The van der Waals surface area contributed by atoms with Gasteiger partial charge in [-0.05, 0) is 73.6 Å². The fourth-order valence-electron chi connectivity index (χ4n) is 3.28. The van der Waals surface area contributed by atoms with E-state index in [9.17, 15) is 0 Å². The number of likely N-dealkylation sites (tertiary alicyclic amines) is 1. The van der Waals surface area contributed by atoms with E-state index in [1.54, 1.807) is 5.56 Å². The zero-order chi connectivity index (χ0) is 11.5. The Morgan fingerprint density at radius 1 is 1.29 bits per heavy atom. The second-order valence-corrected chi connectivity index (χ2v) is 6.18. The fourth-order valence-corrected chi connectivity index (χ4v) is 3.99. The van der Waals surface area contributed by atoms with Gasteiger partial charge in [0.2, 0.25) is 0 Å². The van der Waals surface area contributed by atoms with Crippen molar-refractivity contribution in [1.82, 2.24) is 10.2 Å². The molecule has 0 bridgehead atoms. The molecule has 1 atom stereocenters. The van der Waals surface area contributed by atoms with Crippen LogP contribution < -0.4 is 5.32 Å². The number of hydrogen-bond donors (Lipinski definition) is 1. The molecule has 94 valence electrons. The van der Waals surface area contributed by atoms with E-state index in [1.807, 2.05) is 11.3 Å². The Morgan fingerprint density at radius 2 is 2.18 bits per heavy atom. The molecule has 0 radical (unpaired) electrons. The minimum atomic E-state index is 0.719. The molecule has 1 aromatic heterocycles. The molecule has 0 amide bonds. The van der Waals surface area contributed by atoms with Crippen molar-refractivity contribution in [3.8, 4) is 0 Å². The number of nitrogens with one attached hydrogen (secondary N) is 1. The van der Waals surface area contributed by atoms with Crippen molar-refractivity contribution in [2.75, 3.05) is 26.2 Å². The van der Waals surface area contributed by atoms with Crippen LogP contribution in [0, 0.1) is 5.92 Å². The summed E-state index contributed by atoms with van der Waals surface area (Å²) >= 11 is 1.84. The maximum Gasteiger partial charge on any atom is 0.0356 e. The maximum atomic E-state index is 3.46. The molecule has 1 unspecified atom stereocenters. The van der Waals surface area contributed by atoms with Crippen LogP contribution >= 0.6 is 11.3 Å². The molecule has 3 rings (SSSR count). The van der Waals surface area contributed by atoms with E-state index in [0.717, 1.165) is 12.0 Å². The summed E-state index contributed by atoms with van der Waals surface area (Å²) in [7, 11) is 0.